The fraction of sp³-hybridized carbons (Fsp3) is 0.636. The highest BCUT2D eigenvalue weighted by Crippen LogP contribution is 2.54. The van der Waals surface area contributed by atoms with Crippen molar-refractivity contribution in [1.82, 2.24) is 39.4 Å². The molecule has 3 aromatic heterocycles. The van der Waals surface area contributed by atoms with Gasteiger partial charge < -0.3 is 41.0 Å². The zero-order chi connectivity index (χ0) is 52.8. The first-order valence-corrected chi connectivity index (χ1v) is 31.0. The van der Waals surface area contributed by atoms with E-state index in [9.17, 15) is 32.6 Å². The fourth-order valence-electron chi connectivity index (χ4n) is 7.19. The largest absolute Gasteiger partial charge is 0.344 e. The van der Waals surface area contributed by atoms with Gasteiger partial charge in [-0.25, -0.2) is 19.1 Å². The molecule has 0 N–H and O–H groups in total. The maximum absolute atomic E-state index is 13.8. The molecular formula is C44H70N8O16P4. The Kier molecular flexibility index (Phi) is 25.3. The van der Waals surface area contributed by atoms with Crippen molar-refractivity contribution in [3.63, 3.8) is 0 Å². The summed E-state index contributed by atoms with van der Waals surface area (Å²) >= 11 is 0. The Morgan fingerprint density at radius 3 is 1.29 bits per heavy atom. The maximum atomic E-state index is 13.8. The van der Waals surface area contributed by atoms with Gasteiger partial charge in [0.25, 0.3) is 11.8 Å². The van der Waals surface area contributed by atoms with E-state index >= 15 is 0 Å². The lowest BCUT2D eigenvalue weighted by molar-refractivity contribution is -0.197. The molecule has 1 aliphatic heterocycles. The zero-order valence-corrected chi connectivity index (χ0v) is 46.1. The zero-order valence-electron chi connectivity index (χ0n) is 42.5. The van der Waals surface area contributed by atoms with Gasteiger partial charge in [0.15, 0.2) is 11.6 Å². The molecule has 0 saturated carbocycles. The van der Waals surface area contributed by atoms with E-state index < -0.39 is 48.2 Å². The molecule has 0 bridgehead atoms. The van der Waals surface area contributed by atoms with Gasteiger partial charge in [0, 0.05) is 56.7 Å². The van der Waals surface area contributed by atoms with Crippen molar-refractivity contribution in [2.45, 2.75) is 107 Å². The number of rotatable bonds is 35. The Balaban J connectivity index is 1.69. The number of pyridine rings is 1. The summed E-state index contributed by atoms with van der Waals surface area (Å²) < 4.78 is 103. The third kappa shape index (κ3) is 19.5. The van der Waals surface area contributed by atoms with Crippen molar-refractivity contribution < 1.29 is 73.7 Å². The van der Waals surface area contributed by atoms with E-state index in [0.29, 0.717) is 52.9 Å². The maximum Gasteiger partial charge on any atom is 0.344 e. The number of carbonyl (C=O) groups excluding carboxylic acids is 3. The first-order valence-electron chi connectivity index (χ1n) is 24.0. The molecule has 0 spiro atoms. The molecule has 0 atom stereocenters. The van der Waals surface area contributed by atoms with Crippen molar-refractivity contribution in [3.05, 3.63) is 53.6 Å². The molecule has 1 fully saturated rings. The van der Waals surface area contributed by atoms with E-state index in [1.165, 1.54) is 9.36 Å². The molecule has 0 radical (unpaired) electrons. The highest BCUT2D eigenvalue weighted by atomic mass is 31.2. The highest BCUT2D eigenvalue weighted by Gasteiger charge is 2.36. The number of carbonyl (C=O) groups is 3. The molecule has 0 unspecified atom stereocenters. The predicted octanol–water partition coefficient (Wildman–Crippen LogP) is 8.47. The van der Waals surface area contributed by atoms with Crippen LogP contribution in [0.3, 0.4) is 0 Å². The molecule has 0 aliphatic carbocycles. The molecule has 0 aromatic carbocycles. The second-order valence-corrected chi connectivity index (χ2v) is 23.7. The first kappa shape index (κ1) is 60.8. The number of hydroxylamine groups is 2. The SMILES string of the molecule is CCOP(=O)(CN(Cc1ccn(-c2cc(C#CCCCCC(=O)ON3C(=O)CCC3=O)cc(-n3ccc(CN(CP(=O)(OCC)OCC)CP(=O)(OCC)OCC)n3)n2)n1)CP(=O)(OCC)OCC)OCC. The quantitative estimate of drug-likeness (QED) is 0.0231. The van der Waals surface area contributed by atoms with Gasteiger partial charge in [-0.05, 0) is 92.5 Å². The van der Waals surface area contributed by atoms with Crippen LogP contribution in [-0.4, -0.2) is 135 Å². The van der Waals surface area contributed by atoms with E-state index in [1.54, 1.807) is 102 Å². The number of aromatic nitrogens is 5. The second-order valence-electron chi connectivity index (χ2n) is 15.6. The Hall–Kier alpha value is -3.74. The van der Waals surface area contributed by atoms with Crippen LogP contribution in [0.2, 0.25) is 0 Å². The minimum atomic E-state index is -3.69. The Bertz CT molecular complexity index is 2250. The highest BCUT2D eigenvalue weighted by molar-refractivity contribution is 7.55. The monoisotopic (exact) mass is 1090 g/mol. The van der Waals surface area contributed by atoms with Crippen LogP contribution in [0.1, 0.15) is 111 Å². The van der Waals surface area contributed by atoms with Crippen LogP contribution in [0.5, 0.6) is 0 Å². The number of hydrogen-bond acceptors (Lipinski definition) is 21. The number of amides is 2. The van der Waals surface area contributed by atoms with Crippen molar-refractivity contribution in [1.29, 1.82) is 0 Å². The predicted molar refractivity (Wildman–Crippen MR) is 265 cm³/mol. The minimum absolute atomic E-state index is 0.00464. The van der Waals surface area contributed by atoms with E-state index in [1.807, 2.05) is 0 Å². The van der Waals surface area contributed by atoms with Gasteiger partial charge in [-0.3, -0.25) is 37.6 Å². The molecule has 4 heterocycles. The van der Waals surface area contributed by atoms with Crippen molar-refractivity contribution >= 4 is 48.2 Å². The molecule has 1 aliphatic rings. The molecule has 402 valence electrons. The lowest BCUT2D eigenvalue weighted by Gasteiger charge is -2.29. The number of unbranched alkanes of at least 4 members (excludes halogenated alkanes) is 2. The lowest BCUT2D eigenvalue weighted by atomic mass is 10.2. The number of nitrogens with zero attached hydrogens (tertiary/aromatic N) is 8. The van der Waals surface area contributed by atoms with Gasteiger partial charge in [0.2, 0.25) is 0 Å². The van der Waals surface area contributed by atoms with Crippen molar-refractivity contribution in [2.24, 2.45) is 0 Å². The second kappa shape index (κ2) is 30.0. The number of hydrogen-bond donors (Lipinski definition) is 0. The Morgan fingerprint density at radius 1 is 0.583 bits per heavy atom. The van der Waals surface area contributed by atoms with Crippen LogP contribution in [-0.2, 0) is 86.8 Å². The summed E-state index contributed by atoms with van der Waals surface area (Å²) in [4.78, 5) is 49.1. The molecule has 2 amide bonds. The van der Waals surface area contributed by atoms with Crippen LogP contribution < -0.4 is 0 Å². The van der Waals surface area contributed by atoms with E-state index in [-0.39, 0.29) is 110 Å². The summed E-state index contributed by atoms with van der Waals surface area (Å²) in [6.45, 7) is 14.6. The van der Waals surface area contributed by atoms with Crippen LogP contribution in [0.4, 0.5) is 0 Å². The van der Waals surface area contributed by atoms with E-state index in [2.05, 4.69) is 11.8 Å². The molecule has 24 nitrogen and oxygen atoms in total. The van der Waals surface area contributed by atoms with Crippen LogP contribution in [0, 0.1) is 11.8 Å². The van der Waals surface area contributed by atoms with Gasteiger partial charge >= 0.3 is 36.4 Å². The topological polar surface area (TPSA) is 261 Å². The third-order valence-corrected chi connectivity index (χ3v) is 18.0. The van der Waals surface area contributed by atoms with Crippen LogP contribution in [0.15, 0.2) is 36.7 Å². The summed E-state index contributed by atoms with van der Waals surface area (Å²) in [6.07, 6.45) is 3.67. The van der Waals surface area contributed by atoms with E-state index in [0.717, 1.165) is 0 Å². The minimum Gasteiger partial charge on any atom is -0.330 e. The van der Waals surface area contributed by atoms with Gasteiger partial charge in [-0.15, -0.1) is 5.06 Å². The Morgan fingerprint density at radius 2 is 0.944 bits per heavy atom. The standard InChI is InChI=1S/C44H70N8O16P4/c1-9-60-69(56,61-10-2)33-48(34-70(57,62-11-3)63-12-4)31-38-25-27-50(46-38)40-29-37(21-19-17-18-20-22-44(55)68-52-42(53)23-24-43(52)54)30-41(45-40)51-28-26-39(47-51)32-49(35-71(58,64-13-5)65-14-6)36-72(59,66-15-7)67-16-8/h25-30H,9-18,20,22-24,31-36H2,1-8H3. The molecule has 28 heteroatoms. The average Bonchev–Trinajstić information content (AvgIpc) is 4.06. The molecule has 1 saturated heterocycles. The molecule has 3 aromatic rings. The van der Waals surface area contributed by atoms with Crippen molar-refractivity contribution in [3.8, 4) is 23.5 Å². The summed E-state index contributed by atoms with van der Waals surface area (Å²) in [5.74, 6) is 5.16. The van der Waals surface area contributed by atoms with Crippen LogP contribution in [0.25, 0.3) is 11.6 Å². The van der Waals surface area contributed by atoms with Gasteiger partial charge in [-0.2, -0.15) is 10.2 Å². The molecular weight excluding hydrogens is 1020 g/mol. The number of imide groups is 1. The van der Waals surface area contributed by atoms with Crippen molar-refractivity contribution in [2.75, 3.05) is 78.0 Å². The first-order chi connectivity index (χ1) is 34.4. The third-order valence-electron chi connectivity index (χ3n) is 9.79. The summed E-state index contributed by atoms with van der Waals surface area (Å²) in [5, 5.41) is 10.1. The molecule has 4 rings (SSSR count). The summed E-state index contributed by atoms with van der Waals surface area (Å²) in [6, 6.07) is 6.87. The van der Waals surface area contributed by atoms with Gasteiger partial charge in [-0.1, -0.05) is 11.8 Å². The average molecular weight is 1090 g/mol. The van der Waals surface area contributed by atoms with Gasteiger partial charge in [0.05, 0.1) is 64.2 Å². The smallest absolute Gasteiger partial charge is 0.330 e. The fourth-order valence-corrected chi connectivity index (χ4v) is 14.4. The lowest BCUT2D eigenvalue weighted by Crippen LogP contribution is -2.31. The summed E-state index contributed by atoms with van der Waals surface area (Å²) in [7, 11) is -14.8. The van der Waals surface area contributed by atoms with Gasteiger partial charge in [0.1, 0.15) is 25.1 Å². The van der Waals surface area contributed by atoms with E-state index in [4.69, 9.17) is 56.2 Å². The Labute approximate surface area is 422 Å². The summed E-state index contributed by atoms with van der Waals surface area (Å²) in [5.41, 5.74) is 1.46. The normalized spacial score (nSPS) is 13.7. The van der Waals surface area contributed by atoms with Crippen LogP contribution >= 0.6 is 30.4 Å². The molecule has 72 heavy (non-hydrogen) atoms.